The van der Waals surface area contributed by atoms with Crippen molar-refractivity contribution < 1.29 is 24.2 Å². The van der Waals surface area contributed by atoms with Gasteiger partial charge in [0.2, 0.25) is 5.91 Å². The van der Waals surface area contributed by atoms with Gasteiger partial charge < -0.3 is 15.2 Å². The quantitative estimate of drug-likeness (QED) is 0.720. The lowest BCUT2D eigenvalue weighted by Crippen LogP contribution is -2.47. The third kappa shape index (κ3) is 3.76. The van der Waals surface area contributed by atoms with Crippen molar-refractivity contribution in [2.24, 2.45) is 5.92 Å². The molecule has 1 amide bonds. The number of amides is 1. The molecule has 2 atom stereocenters. The summed E-state index contributed by atoms with van der Waals surface area (Å²) in [7, 11) is 0. The molecule has 0 heterocycles. The SMILES string of the molecule is CCOC(=O)C[C@H](C)[C@H](NC(=O)C1c2ccccc2-c2ccccc21)C(=O)O. The molecule has 6 nitrogen and oxygen atoms in total. The number of nitrogens with one attached hydrogen (secondary N) is 1. The van der Waals surface area contributed by atoms with Crippen LogP contribution in [-0.4, -0.2) is 35.6 Å². The average molecular weight is 381 g/mol. The highest BCUT2D eigenvalue weighted by molar-refractivity contribution is 5.97. The van der Waals surface area contributed by atoms with Gasteiger partial charge in [-0.15, -0.1) is 0 Å². The lowest BCUT2D eigenvalue weighted by Gasteiger charge is -2.23. The highest BCUT2D eigenvalue weighted by Crippen LogP contribution is 2.44. The summed E-state index contributed by atoms with van der Waals surface area (Å²) in [6, 6.07) is 14.1. The van der Waals surface area contributed by atoms with Crippen LogP contribution < -0.4 is 5.32 Å². The number of rotatable bonds is 7. The van der Waals surface area contributed by atoms with Crippen LogP contribution in [0.4, 0.5) is 0 Å². The summed E-state index contributed by atoms with van der Waals surface area (Å²) >= 11 is 0. The standard InChI is InChI=1S/C22H23NO5/c1-3-28-18(24)12-13(2)20(22(26)27)23-21(25)19-16-10-6-4-8-14(16)15-9-5-7-11-17(15)19/h4-11,13,19-20H,3,12H2,1-2H3,(H,23,25)(H,26,27)/t13-,20-/m0/s1. The molecule has 2 aromatic rings. The highest BCUT2D eigenvalue weighted by Gasteiger charge is 2.36. The molecule has 1 aliphatic rings. The Morgan fingerprint density at radius 2 is 1.57 bits per heavy atom. The third-order valence-electron chi connectivity index (χ3n) is 5.02. The second-order valence-corrected chi connectivity index (χ2v) is 6.92. The number of ether oxygens (including phenoxy) is 1. The predicted octanol–water partition coefficient (Wildman–Crippen LogP) is 2.96. The fraction of sp³-hybridized carbons (Fsp3) is 0.318. The van der Waals surface area contributed by atoms with Crippen LogP contribution in [0.2, 0.25) is 0 Å². The molecule has 0 spiro atoms. The van der Waals surface area contributed by atoms with E-state index in [0.29, 0.717) is 0 Å². The molecule has 1 aliphatic carbocycles. The molecule has 0 saturated heterocycles. The summed E-state index contributed by atoms with van der Waals surface area (Å²) in [4.78, 5) is 36.6. The fourth-order valence-corrected chi connectivity index (χ4v) is 3.72. The van der Waals surface area contributed by atoms with Crippen LogP contribution in [0, 0.1) is 5.92 Å². The Morgan fingerprint density at radius 3 is 2.07 bits per heavy atom. The van der Waals surface area contributed by atoms with Crippen molar-refractivity contribution in [1.82, 2.24) is 5.32 Å². The van der Waals surface area contributed by atoms with E-state index in [4.69, 9.17) is 4.74 Å². The van der Waals surface area contributed by atoms with Crippen molar-refractivity contribution in [1.29, 1.82) is 0 Å². The zero-order valence-electron chi connectivity index (χ0n) is 15.8. The molecule has 0 bridgehead atoms. The molecule has 3 rings (SSSR count). The third-order valence-corrected chi connectivity index (χ3v) is 5.02. The second kappa shape index (κ2) is 8.25. The number of carbonyl (C=O) groups is 3. The highest BCUT2D eigenvalue weighted by atomic mass is 16.5. The Labute approximate surface area is 163 Å². The van der Waals surface area contributed by atoms with Crippen molar-refractivity contribution in [3.05, 3.63) is 59.7 Å². The Morgan fingerprint density at radius 1 is 1.04 bits per heavy atom. The van der Waals surface area contributed by atoms with E-state index in [1.54, 1.807) is 13.8 Å². The van der Waals surface area contributed by atoms with E-state index < -0.39 is 29.8 Å². The molecular formula is C22H23NO5. The summed E-state index contributed by atoms with van der Waals surface area (Å²) in [6.45, 7) is 3.53. The molecule has 0 radical (unpaired) electrons. The lowest BCUT2D eigenvalue weighted by atomic mass is 9.93. The summed E-state index contributed by atoms with van der Waals surface area (Å²) in [6.07, 6.45) is -0.0804. The van der Waals surface area contributed by atoms with Gasteiger partial charge in [0.05, 0.1) is 18.9 Å². The number of esters is 1. The van der Waals surface area contributed by atoms with Crippen molar-refractivity contribution in [2.75, 3.05) is 6.61 Å². The topological polar surface area (TPSA) is 92.7 Å². The van der Waals surface area contributed by atoms with Crippen LogP contribution in [-0.2, 0) is 19.1 Å². The minimum absolute atomic E-state index is 0.0804. The number of carboxylic acid groups (broad SMARTS) is 1. The summed E-state index contributed by atoms with van der Waals surface area (Å²) in [5.74, 6) is -3.23. The van der Waals surface area contributed by atoms with Gasteiger partial charge in [0, 0.05) is 0 Å². The maximum Gasteiger partial charge on any atom is 0.326 e. The van der Waals surface area contributed by atoms with Crippen LogP contribution in [0.15, 0.2) is 48.5 Å². The molecule has 28 heavy (non-hydrogen) atoms. The zero-order valence-corrected chi connectivity index (χ0v) is 15.8. The molecule has 0 fully saturated rings. The minimum atomic E-state index is -1.18. The van der Waals surface area contributed by atoms with Gasteiger partial charge in [-0.3, -0.25) is 9.59 Å². The van der Waals surface area contributed by atoms with Crippen LogP contribution in [0.5, 0.6) is 0 Å². The molecule has 0 unspecified atom stereocenters. The van der Waals surface area contributed by atoms with E-state index in [1.807, 2.05) is 48.5 Å². The van der Waals surface area contributed by atoms with E-state index in [-0.39, 0.29) is 18.9 Å². The van der Waals surface area contributed by atoms with E-state index in [9.17, 15) is 19.5 Å². The van der Waals surface area contributed by atoms with E-state index in [0.717, 1.165) is 22.3 Å². The van der Waals surface area contributed by atoms with E-state index >= 15 is 0 Å². The van der Waals surface area contributed by atoms with Crippen molar-refractivity contribution in [2.45, 2.75) is 32.2 Å². The first-order valence-electron chi connectivity index (χ1n) is 9.31. The average Bonchev–Trinajstić information content (AvgIpc) is 3.00. The van der Waals surface area contributed by atoms with Crippen molar-refractivity contribution >= 4 is 17.8 Å². The predicted molar refractivity (Wildman–Crippen MR) is 104 cm³/mol. The maximum atomic E-state index is 13.1. The van der Waals surface area contributed by atoms with Gasteiger partial charge in [0.25, 0.3) is 0 Å². The molecule has 6 heteroatoms. The van der Waals surface area contributed by atoms with Gasteiger partial charge in [0.15, 0.2) is 0 Å². The Kier molecular flexibility index (Phi) is 5.78. The van der Waals surface area contributed by atoms with Gasteiger partial charge in [-0.2, -0.15) is 0 Å². The molecule has 2 N–H and O–H groups in total. The van der Waals surface area contributed by atoms with Crippen LogP contribution in [0.25, 0.3) is 11.1 Å². The van der Waals surface area contributed by atoms with Crippen LogP contribution in [0.3, 0.4) is 0 Å². The monoisotopic (exact) mass is 381 g/mol. The molecule has 0 aliphatic heterocycles. The second-order valence-electron chi connectivity index (χ2n) is 6.92. The number of carboxylic acids is 1. The first-order valence-corrected chi connectivity index (χ1v) is 9.31. The number of hydrogen-bond acceptors (Lipinski definition) is 4. The van der Waals surface area contributed by atoms with Crippen LogP contribution in [0.1, 0.15) is 37.3 Å². The fourth-order valence-electron chi connectivity index (χ4n) is 3.72. The van der Waals surface area contributed by atoms with Gasteiger partial charge in [-0.25, -0.2) is 4.79 Å². The Balaban J connectivity index is 1.85. The van der Waals surface area contributed by atoms with Gasteiger partial charge in [0.1, 0.15) is 6.04 Å². The number of aliphatic carboxylic acids is 1. The van der Waals surface area contributed by atoms with Gasteiger partial charge >= 0.3 is 11.9 Å². The molecule has 0 saturated carbocycles. The smallest absolute Gasteiger partial charge is 0.326 e. The van der Waals surface area contributed by atoms with E-state index in [1.165, 1.54) is 0 Å². The number of benzene rings is 2. The number of carbonyl (C=O) groups excluding carboxylic acids is 2. The molecule has 0 aromatic heterocycles. The number of fused-ring (bicyclic) bond motifs is 3. The normalized spacial score (nSPS) is 14.5. The minimum Gasteiger partial charge on any atom is -0.480 e. The first-order chi connectivity index (χ1) is 13.4. The molecule has 146 valence electrons. The lowest BCUT2D eigenvalue weighted by molar-refractivity contribution is -0.147. The van der Waals surface area contributed by atoms with Crippen LogP contribution >= 0.6 is 0 Å². The summed E-state index contributed by atoms with van der Waals surface area (Å²) in [5, 5.41) is 12.2. The van der Waals surface area contributed by atoms with Gasteiger partial charge in [-0.05, 0) is 35.1 Å². The number of hydrogen-bond donors (Lipinski definition) is 2. The van der Waals surface area contributed by atoms with Crippen molar-refractivity contribution in [3.63, 3.8) is 0 Å². The molecule has 2 aromatic carbocycles. The molecular weight excluding hydrogens is 358 g/mol. The maximum absolute atomic E-state index is 13.1. The first kappa shape index (κ1) is 19.6. The zero-order chi connectivity index (χ0) is 20.3. The summed E-state index contributed by atoms with van der Waals surface area (Å²) < 4.78 is 4.90. The Bertz CT molecular complexity index is 862. The Hall–Kier alpha value is -3.15. The largest absolute Gasteiger partial charge is 0.480 e. The summed E-state index contributed by atoms with van der Waals surface area (Å²) in [5.41, 5.74) is 3.65. The van der Waals surface area contributed by atoms with Gasteiger partial charge in [-0.1, -0.05) is 55.5 Å². The van der Waals surface area contributed by atoms with Crippen molar-refractivity contribution in [3.8, 4) is 11.1 Å². The van der Waals surface area contributed by atoms with E-state index in [2.05, 4.69) is 5.32 Å².